The standard InChI is InChI=1S/C13H13ClFN3O.C2HF3O2/c14-10-7-9(1-2-11(10)15)13-18-17-12(19-13)8-3-5-16-6-4-8;3-2(4,5)1(6)7/h1-2,7-8,16H,3-6H2;(H,6,7). The number of nitrogens with zero attached hydrogens (tertiary/aromatic N) is 2. The van der Waals surface area contributed by atoms with Gasteiger partial charge in [-0.1, -0.05) is 11.6 Å². The molecule has 2 N–H and O–H groups in total. The highest BCUT2D eigenvalue weighted by Crippen LogP contribution is 2.28. The van der Waals surface area contributed by atoms with Crippen LogP contribution < -0.4 is 5.32 Å². The minimum Gasteiger partial charge on any atom is -0.475 e. The molecule has 3 rings (SSSR count). The van der Waals surface area contributed by atoms with Crippen LogP contribution in [0.5, 0.6) is 0 Å². The summed E-state index contributed by atoms with van der Waals surface area (Å²) < 4.78 is 50.5. The molecule has 0 spiro atoms. The van der Waals surface area contributed by atoms with Crippen molar-refractivity contribution in [2.45, 2.75) is 24.9 Å². The molecular weight excluding hydrogens is 382 g/mol. The molecule has 0 aliphatic carbocycles. The number of halogens is 5. The molecule has 0 amide bonds. The number of nitrogens with one attached hydrogen (secondary N) is 1. The first kappa shape index (κ1) is 20.1. The molecule has 2 aromatic rings. The van der Waals surface area contributed by atoms with Gasteiger partial charge in [-0.2, -0.15) is 13.2 Å². The van der Waals surface area contributed by atoms with Crippen molar-refractivity contribution >= 4 is 17.6 Å². The van der Waals surface area contributed by atoms with E-state index in [9.17, 15) is 17.6 Å². The molecule has 0 saturated carbocycles. The topological polar surface area (TPSA) is 88.3 Å². The van der Waals surface area contributed by atoms with Gasteiger partial charge in [-0.25, -0.2) is 9.18 Å². The van der Waals surface area contributed by atoms with Crippen molar-refractivity contribution in [2.24, 2.45) is 0 Å². The lowest BCUT2D eigenvalue weighted by Crippen LogP contribution is -2.26. The summed E-state index contributed by atoms with van der Waals surface area (Å²) in [7, 11) is 0. The first-order chi connectivity index (χ1) is 12.2. The maximum atomic E-state index is 13.1. The highest BCUT2D eigenvalue weighted by molar-refractivity contribution is 6.31. The molecule has 0 bridgehead atoms. The third-order valence-corrected chi connectivity index (χ3v) is 3.83. The molecule has 26 heavy (non-hydrogen) atoms. The third kappa shape index (κ3) is 5.40. The second-order valence-electron chi connectivity index (χ2n) is 5.40. The Kier molecular flexibility index (Phi) is 6.54. The Hall–Kier alpha value is -2.20. The molecule has 2 heterocycles. The van der Waals surface area contributed by atoms with Gasteiger partial charge in [0.05, 0.1) is 5.02 Å². The average Bonchev–Trinajstić information content (AvgIpc) is 3.08. The number of carbonyl (C=O) groups is 1. The fourth-order valence-corrected chi connectivity index (χ4v) is 2.39. The van der Waals surface area contributed by atoms with Crippen LogP contribution in [-0.4, -0.2) is 40.5 Å². The maximum absolute atomic E-state index is 13.1. The number of hydrogen-bond donors (Lipinski definition) is 2. The van der Waals surface area contributed by atoms with Crippen LogP contribution in [0.25, 0.3) is 11.5 Å². The van der Waals surface area contributed by atoms with Crippen molar-refractivity contribution < 1.29 is 31.9 Å². The lowest BCUT2D eigenvalue weighted by atomic mass is 9.98. The van der Waals surface area contributed by atoms with Crippen LogP contribution in [0.3, 0.4) is 0 Å². The number of alkyl halides is 3. The summed E-state index contributed by atoms with van der Waals surface area (Å²) in [6, 6.07) is 4.38. The van der Waals surface area contributed by atoms with Crippen LogP contribution in [0.1, 0.15) is 24.7 Å². The fraction of sp³-hybridized carbons (Fsp3) is 0.400. The second-order valence-corrected chi connectivity index (χ2v) is 5.81. The van der Waals surface area contributed by atoms with E-state index in [2.05, 4.69) is 15.5 Å². The Morgan fingerprint density at radius 3 is 2.42 bits per heavy atom. The van der Waals surface area contributed by atoms with Gasteiger partial charge in [-0.15, -0.1) is 10.2 Å². The number of carboxylic acid groups (broad SMARTS) is 1. The van der Waals surface area contributed by atoms with Gasteiger partial charge >= 0.3 is 12.1 Å². The van der Waals surface area contributed by atoms with E-state index in [1.807, 2.05) is 0 Å². The Morgan fingerprint density at radius 2 is 1.88 bits per heavy atom. The predicted molar refractivity (Wildman–Crippen MR) is 83.2 cm³/mol. The largest absolute Gasteiger partial charge is 0.490 e. The zero-order chi connectivity index (χ0) is 19.3. The summed E-state index contributed by atoms with van der Waals surface area (Å²) >= 11 is 5.75. The molecule has 1 fully saturated rings. The molecule has 0 unspecified atom stereocenters. The van der Waals surface area contributed by atoms with Crippen molar-refractivity contribution in [2.75, 3.05) is 13.1 Å². The molecule has 6 nitrogen and oxygen atoms in total. The number of benzene rings is 1. The Balaban J connectivity index is 0.000000298. The molecule has 11 heteroatoms. The minimum atomic E-state index is -5.08. The third-order valence-electron chi connectivity index (χ3n) is 3.54. The number of carboxylic acids is 1. The van der Waals surface area contributed by atoms with Crippen LogP contribution in [0.15, 0.2) is 22.6 Å². The lowest BCUT2D eigenvalue weighted by Gasteiger charge is -2.18. The van der Waals surface area contributed by atoms with E-state index >= 15 is 0 Å². The van der Waals surface area contributed by atoms with E-state index in [1.165, 1.54) is 12.1 Å². The van der Waals surface area contributed by atoms with E-state index < -0.39 is 18.0 Å². The zero-order valence-corrected chi connectivity index (χ0v) is 13.9. The van der Waals surface area contributed by atoms with Gasteiger partial charge in [0.2, 0.25) is 11.8 Å². The summed E-state index contributed by atoms with van der Waals surface area (Å²) in [6.45, 7) is 1.93. The van der Waals surface area contributed by atoms with Crippen LogP contribution in [-0.2, 0) is 4.79 Å². The molecule has 0 radical (unpaired) electrons. The van der Waals surface area contributed by atoms with Crippen molar-refractivity contribution in [1.82, 2.24) is 15.5 Å². The second kappa shape index (κ2) is 8.45. The van der Waals surface area contributed by atoms with Gasteiger partial charge < -0.3 is 14.8 Å². The van der Waals surface area contributed by atoms with Crippen LogP contribution >= 0.6 is 11.6 Å². The van der Waals surface area contributed by atoms with Gasteiger partial charge in [0.25, 0.3) is 0 Å². The number of rotatable bonds is 2. The van der Waals surface area contributed by atoms with Crippen LogP contribution in [0, 0.1) is 5.82 Å². The normalized spacial score (nSPS) is 15.3. The number of hydrogen-bond acceptors (Lipinski definition) is 5. The summed E-state index contributed by atoms with van der Waals surface area (Å²) in [4.78, 5) is 8.90. The van der Waals surface area contributed by atoms with Crippen LogP contribution in [0.4, 0.5) is 17.6 Å². The SMILES string of the molecule is Fc1ccc(-c2nnc(C3CCNCC3)o2)cc1Cl.O=C(O)C(F)(F)F. The summed E-state index contributed by atoms with van der Waals surface area (Å²) in [5.74, 6) is -1.87. The van der Waals surface area contributed by atoms with E-state index in [4.69, 9.17) is 25.9 Å². The van der Waals surface area contributed by atoms with E-state index in [1.54, 1.807) is 6.07 Å². The van der Waals surface area contributed by atoms with Crippen molar-refractivity contribution in [3.05, 3.63) is 34.9 Å². The first-order valence-corrected chi connectivity index (χ1v) is 7.86. The quantitative estimate of drug-likeness (QED) is 0.755. The average molecular weight is 396 g/mol. The maximum Gasteiger partial charge on any atom is 0.490 e. The summed E-state index contributed by atoms with van der Waals surface area (Å²) in [5, 5.41) is 18.6. The van der Waals surface area contributed by atoms with E-state index in [0.29, 0.717) is 23.3 Å². The Labute approximate surface area is 150 Å². The highest BCUT2D eigenvalue weighted by atomic mass is 35.5. The number of aliphatic carboxylic acids is 1. The van der Waals surface area contributed by atoms with Gasteiger partial charge in [0, 0.05) is 11.5 Å². The first-order valence-electron chi connectivity index (χ1n) is 7.48. The van der Waals surface area contributed by atoms with Crippen molar-refractivity contribution in [3.8, 4) is 11.5 Å². The lowest BCUT2D eigenvalue weighted by molar-refractivity contribution is -0.192. The van der Waals surface area contributed by atoms with Crippen molar-refractivity contribution in [3.63, 3.8) is 0 Å². The summed E-state index contributed by atoms with van der Waals surface area (Å²) in [5.41, 5.74) is 0.638. The van der Waals surface area contributed by atoms with Crippen LogP contribution in [0.2, 0.25) is 5.02 Å². The molecule has 1 aromatic heterocycles. The number of piperidine rings is 1. The van der Waals surface area contributed by atoms with Gasteiger partial charge in [-0.05, 0) is 44.1 Å². The number of aromatic nitrogens is 2. The molecule has 1 aliphatic heterocycles. The minimum absolute atomic E-state index is 0.0547. The van der Waals surface area contributed by atoms with Gasteiger partial charge in [0.15, 0.2) is 0 Å². The molecular formula is C15H14ClF4N3O3. The Morgan fingerprint density at radius 1 is 1.27 bits per heavy atom. The Bertz CT molecular complexity index is 761. The zero-order valence-electron chi connectivity index (χ0n) is 13.2. The highest BCUT2D eigenvalue weighted by Gasteiger charge is 2.38. The molecule has 1 aliphatic rings. The molecule has 0 atom stereocenters. The smallest absolute Gasteiger partial charge is 0.475 e. The fourth-order valence-electron chi connectivity index (χ4n) is 2.21. The monoisotopic (exact) mass is 395 g/mol. The van der Waals surface area contributed by atoms with Gasteiger partial charge in [0.1, 0.15) is 5.82 Å². The summed E-state index contributed by atoms with van der Waals surface area (Å²) in [6.07, 6.45) is -3.10. The van der Waals surface area contributed by atoms with E-state index in [-0.39, 0.29) is 5.02 Å². The van der Waals surface area contributed by atoms with Crippen molar-refractivity contribution in [1.29, 1.82) is 0 Å². The predicted octanol–water partition coefficient (Wildman–Crippen LogP) is 3.63. The van der Waals surface area contributed by atoms with E-state index in [0.717, 1.165) is 25.9 Å². The molecule has 1 saturated heterocycles. The molecule has 142 valence electrons. The molecule has 1 aromatic carbocycles. The van der Waals surface area contributed by atoms with Gasteiger partial charge in [-0.3, -0.25) is 0 Å².